The zero-order valence-corrected chi connectivity index (χ0v) is 15.7. The van der Waals surface area contributed by atoms with Crippen LogP contribution in [0.5, 0.6) is 6.01 Å². The summed E-state index contributed by atoms with van der Waals surface area (Å²) in [5.41, 5.74) is 4.70. The van der Waals surface area contributed by atoms with E-state index in [1.54, 1.807) is 17.0 Å². The third-order valence-electron chi connectivity index (χ3n) is 4.75. The number of aromatic nitrogens is 3. The molecule has 0 N–H and O–H groups in total. The van der Waals surface area contributed by atoms with Crippen LogP contribution in [-0.4, -0.2) is 27.6 Å². The van der Waals surface area contributed by atoms with Crippen LogP contribution in [0, 0.1) is 0 Å². The monoisotopic (exact) mass is 371 g/mol. The fourth-order valence-electron chi connectivity index (χ4n) is 3.34. The molecule has 0 bridgehead atoms. The quantitative estimate of drug-likeness (QED) is 0.490. The number of rotatable bonds is 6. The summed E-state index contributed by atoms with van der Waals surface area (Å²) in [6.45, 7) is 0. The summed E-state index contributed by atoms with van der Waals surface area (Å²) in [4.78, 5) is 21.6. The summed E-state index contributed by atoms with van der Waals surface area (Å²) in [5, 5.41) is 0. The molecule has 0 aliphatic heterocycles. The molecule has 0 amide bonds. The van der Waals surface area contributed by atoms with E-state index in [2.05, 4.69) is 22.1 Å². The second-order valence-corrected chi connectivity index (χ2v) is 6.61. The maximum atomic E-state index is 13.0. The molecule has 2 aromatic heterocycles. The van der Waals surface area contributed by atoms with Gasteiger partial charge in [0.05, 0.1) is 18.1 Å². The molecule has 0 aliphatic carbocycles. The van der Waals surface area contributed by atoms with Crippen molar-refractivity contribution in [2.75, 3.05) is 7.11 Å². The molecule has 2 aromatic carbocycles. The van der Waals surface area contributed by atoms with Crippen molar-refractivity contribution in [3.63, 3.8) is 0 Å². The lowest BCUT2D eigenvalue weighted by Crippen LogP contribution is -2.12. The van der Waals surface area contributed by atoms with Gasteiger partial charge in [0.1, 0.15) is 0 Å². The van der Waals surface area contributed by atoms with Gasteiger partial charge in [0.25, 0.3) is 0 Å². The number of carbonyl (C=O) groups excluding carboxylic acids is 1. The number of fused-ring (bicyclic) bond motifs is 1. The van der Waals surface area contributed by atoms with E-state index in [4.69, 9.17) is 4.74 Å². The zero-order valence-electron chi connectivity index (χ0n) is 15.7. The molecule has 4 aromatic rings. The minimum Gasteiger partial charge on any atom is -0.468 e. The highest BCUT2D eigenvalue weighted by Gasteiger charge is 2.18. The lowest BCUT2D eigenvalue weighted by molar-refractivity contribution is 0.0894. The molecule has 0 saturated heterocycles. The van der Waals surface area contributed by atoms with Crippen molar-refractivity contribution >= 4 is 16.9 Å². The van der Waals surface area contributed by atoms with Gasteiger partial charge in [0.15, 0.2) is 0 Å². The summed E-state index contributed by atoms with van der Waals surface area (Å²) >= 11 is 0. The molecule has 28 heavy (non-hydrogen) atoms. The smallest absolute Gasteiger partial charge is 0.304 e. The Kier molecular flexibility index (Phi) is 5.15. The van der Waals surface area contributed by atoms with E-state index in [1.807, 2.05) is 48.5 Å². The van der Waals surface area contributed by atoms with E-state index in [-0.39, 0.29) is 5.91 Å². The Morgan fingerprint density at radius 3 is 2.64 bits per heavy atom. The van der Waals surface area contributed by atoms with Crippen LogP contribution in [0.3, 0.4) is 0 Å². The Labute approximate surface area is 163 Å². The number of benzene rings is 2. The number of methoxy groups -OCH3 is 1. The van der Waals surface area contributed by atoms with Crippen molar-refractivity contribution in [1.29, 1.82) is 0 Å². The summed E-state index contributed by atoms with van der Waals surface area (Å²) in [6.07, 6.45) is 5.61. The number of hydrogen-bond donors (Lipinski definition) is 0. The summed E-state index contributed by atoms with van der Waals surface area (Å²) < 4.78 is 6.96. The zero-order chi connectivity index (χ0) is 19.3. The number of carbonyl (C=O) groups is 1. The number of aryl methyl sites for hydroxylation is 1. The number of imidazole rings is 1. The Morgan fingerprint density at radius 2 is 1.89 bits per heavy atom. The molecule has 5 nitrogen and oxygen atoms in total. The summed E-state index contributed by atoms with van der Waals surface area (Å²) in [5.74, 6) is -0.0152. The van der Waals surface area contributed by atoms with Crippen molar-refractivity contribution in [2.45, 2.75) is 19.3 Å². The van der Waals surface area contributed by atoms with Crippen LogP contribution in [0.2, 0.25) is 0 Å². The number of nitrogens with zero attached hydrogens (tertiary/aromatic N) is 3. The Bertz CT molecular complexity index is 1090. The topological polar surface area (TPSA) is 57.0 Å². The van der Waals surface area contributed by atoms with E-state index >= 15 is 0 Å². The molecule has 0 radical (unpaired) electrons. The van der Waals surface area contributed by atoms with Crippen LogP contribution in [0.25, 0.3) is 22.2 Å². The van der Waals surface area contributed by atoms with Gasteiger partial charge in [-0.1, -0.05) is 42.5 Å². The predicted octanol–water partition coefficient (Wildman–Crippen LogP) is 4.77. The van der Waals surface area contributed by atoms with Gasteiger partial charge in [-0.3, -0.25) is 9.78 Å². The van der Waals surface area contributed by atoms with Crippen molar-refractivity contribution < 1.29 is 9.53 Å². The van der Waals surface area contributed by atoms with E-state index < -0.39 is 0 Å². The Hall–Kier alpha value is -3.47. The Balaban J connectivity index is 1.61. The molecule has 4 rings (SSSR count). The maximum absolute atomic E-state index is 13.0. The third-order valence-corrected chi connectivity index (χ3v) is 4.75. The predicted molar refractivity (Wildman–Crippen MR) is 110 cm³/mol. The third kappa shape index (κ3) is 3.64. The molecule has 140 valence electrons. The number of hydrogen-bond acceptors (Lipinski definition) is 4. The van der Waals surface area contributed by atoms with E-state index in [9.17, 15) is 4.79 Å². The van der Waals surface area contributed by atoms with Crippen LogP contribution in [-0.2, 0) is 6.42 Å². The van der Waals surface area contributed by atoms with Crippen LogP contribution in [0.4, 0.5) is 0 Å². The number of ether oxygens (including phenoxy) is 1. The molecular weight excluding hydrogens is 350 g/mol. The minimum atomic E-state index is -0.0152. The van der Waals surface area contributed by atoms with Crippen molar-refractivity contribution in [1.82, 2.24) is 14.5 Å². The molecule has 2 heterocycles. The maximum Gasteiger partial charge on any atom is 0.304 e. The number of pyridine rings is 1. The normalized spacial score (nSPS) is 10.9. The van der Waals surface area contributed by atoms with Crippen LogP contribution >= 0.6 is 0 Å². The highest BCUT2D eigenvalue weighted by atomic mass is 16.5. The first kappa shape index (κ1) is 17.9. The molecular formula is C23H21N3O2. The van der Waals surface area contributed by atoms with Gasteiger partial charge in [0, 0.05) is 24.4 Å². The van der Waals surface area contributed by atoms with Gasteiger partial charge in [-0.2, -0.15) is 4.98 Å². The molecule has 0 saturated carbocycles. The SMILES string of the molecule is COc1nc2ccc(-c3cccnc3)cc2n1C(=O)CCCc1ccccc1. The van der Waals surface area contributed by atoms with Gasteiger partial charge >= 0.3 is 6.01 Å². The average Bonchev–Trinajstić information content (AvgIpc) is 3.13. The van der Waals surface area contributed by atoms with E-state index in [0.717, 1.165) is 35.0 Å². The van der Waals surface area contributed by atoms with E-state index in [0.29, 0.717) is 12.4 Å². The molecule has 0 spiro atoms. The first-order chi connectivity index (χ1) is 13.8. The lowest BCUT2D eigenvalue weighted by Gasteiger charge is -2.08. The van der Waals surface area contributed by atoms with Gasteiger partial charge < -0.3 is 4.74 Å². The first-order valence-electron chi connectivity index (χ1n) is 9.30. The second-order valence-electron chi connectivity index (χ2n) is 6.61. The highest BCUT2D eigenvalue weighted by Crippen LogP contribution is 2.27. The minimum absolute atomic E-state index is 0.0152. The first-order valence-corrected chi connectivity index (χ1v) is 9.30. The molecule has 0 unspecified atom stereocenters. The fraction of sp³-hybridized carbons (Fsp3) is 0.174. The molecule has 0 aliphatic rings. The van der Waals surface area contributed by atoms with Crippen molar-refractivity contribution in [2.24, 2.45) is 0 Å². The molecule has 0 atom stereocenters. The molecule has 0 fully saturated rings. The van der Waals surface area contributed by atoms with Crippen molar-refractivity contribution in [3.05, 3.63) is 78.6 Å². The second kappa shape index (κ2) is 8.05. The Morgan fingerprint density at radius 1 is 1.04 bits per heavy atom. The van der Waals surface area contributed by atoms with Crippen LogP contribution < -0.4 is 4.74 Å². The van der Waals surface area contributed by atoms with Gasteiger partial charge in [-0.25, -0.2) is 4.57 Å². The van der Waals surface area contributed by atoms with E-state index in [1.165, 1.54) is 12.7 Å². The van der Waals surface area contributed by atoms with Gasteiger partial charge in [-0.15, -0.1) is 0 Å². The van der Waals surface area contributed by atoms with Crippen molar-refractivity contribution in [3.8, 4) is 17.1 Å². The lowest BCUT2D eigenvalue weighted by atomic mass is 10.1. The average molecular weight is 371 g/mol. The summed E-state index contributed by atoms with van der Waals surface area (Å²) in [6, 6.07) is 20.3. The standard InChI is InChI=1S/C23H21N3O2/c1-28-23-25-20-13-12-18(19-10-6-14-24-16-19)15-21(20)26(23)22(27)11-5-9-17-7-3-2-4-8-17/h2-4,6-8,10,12-16H,5,9,11H2,1H3. The summed E-state index contributed by atoms with van der Waals surface area (Å²) in [7, 11) is 1.54. The van der Waals surface area contributed by atoms with Crippen LogP contribution in [0.1, 0.15) is 23.2 Å². The van der Waals surface area contributed by atoms with Crippen LogP contribution in [0.15, 0.2) is 73.1 Å². The largest absolute Gasteiger partial charge is 0.468 e. The van der Waals surface area contributed by atoms with Gasteiger partial charge in [0.2, 0.25) is 5.91 Å². The van der Waals surface area contributed by atoms with Gasteiger partial charge in [-0.05, 0) is 42.2 Å². The highest BCUT2D eigenvalue weighted by molar-refractivity contribution is 5.94. The fourth-order valence-corrected chi connectivity index (χ4v) is 3.34. The molecule has 5 heteroatoms.